The zero-order chi connectivity index (χ0) is 27.7. The van der Waals surface area contributed by atoms with Crippen molar-refractivity contribution in [2.45, 2.75) is 63.3 Å². The molecule has 0 bridgehead atoms. The lowest BCUT2D eigenvalue weighted by molar-refractivity contribution is 0.297. The first kappa shape index (κ1) is 23.6. The predicted octanol–water partition coefficient (Wildman–Crippen LogP) is 2.83. The van der Waals surface area contributed by atoms with E-state index in [0.717, 1.165) is 25.8 Å². The average Bonchev–Trinajstić information content (AvgIpc) is 3.45. The van der Waals surface area contributed by atoms with Crippen molar-refractivity contribution in [3.8, 4) is 17.1 Å². The van der Waals surface area contributed by atoms with Gasteiger partial charge in [-0.2, -0.15) is 5.10 Å². The van der Waals surface area contributed by atoms with E-state index in [9.17, 15) is 13.2 Å². The fraction of sp³-hybridized carbons (Fsp3) is 0.560. The van der Waals surface area contributed by atoms with Gasteiger partial charge in [0.1, 0.15) is 17.1 Å². The lowest BCUT2D eigenvalue weighted by Gasteiger charge is -2.19. The normalized spacial score (nSPS) is 17.9. The molecule has 4 rings (SSSR count). The summed E-state index contributed by atoms with van der Waals surface area (Å²) in [6, 6.07) is 4.00. The van der Waals surface area contributed by atoms with Crippen molar-refractivity contribution >= 4 is 21.1 Å². The SMILES string of the molecule is [2H]C([2H])(CNS(=O)(=O)c1ccc(OCCC)c(-c2nc3c(CCC)nn(C)c3c(=O)[nH]2)c1)C1CCCN1C. The van der Waals surface area contributed by atoms with Crippen molar-refractivity contribution in [3.05, 3.63) is 34.2 Å². The van der Waals surface area contributed by atoms with Crippen LogP contribution in [0.15, 0.2) is 27.9 Å². The summed E-state index contributed by atoms with van der Waals surface area (Å²) in [5, 5.41) is 4.45. The first-order valence-corrected chi connectivity index (χ1v) is 13.9. The summed E-state index contributed by atoms with van der Waals surface area (Å²) in [7, 11) is -0.533. The van der Waals surface area contributed by atoms with Crippen LogP contribution in [0.1, 0.15) is 54.3 Å². The molecule has 196 valence electrons. The molecule has 0 radical (unpaired) electrons. The molecule has 3 heterocycles. The third-order valence-electron chi connectivity index (χ3n) is 6.35. The third-order valence-corrected chi connectivity index (χ3v) is 7.75. The number of H-pyrrole nitrogens is 1. The Kier molecular flexibility index (Phi) is 7.29. The van der Waals surface area contributed by atoms with E-state index in [1.807, 2.05) is 25.8 Å². The highest BCUT2D eigenvalue weighted by Gasteiger charge is 2.23. The van der Waals surface area contributed by atoms with Gasteiger partial charge in [0.2, 0.25) is 10.0 Å². The Labute approximate surface area is 214 Å². The van der Waals surface area contributed by atoms with E-state index >= 15 is 0 Å². The fourth-order valence-corrected chi connectivity index (χ4v) is 5.44. The van der Waals surface area contributed by atoms with Gasteiger partial charge in [0.05, 0.1) is 22.8 Å². The lowest BCUT2D eigenvalue weighted by Crippen LogP contribution is -2.31. The molecule has 2 aromatic heterocycles. The molecule has 1 saturated heterocycles. The number of nitrogens with one attached hydrogen (secondary N) is 2. The molecule has 1 atom stereocenters. The zero-order valence-electron chi connectivity index (χ0n) is 23.3. The van der Waals surface area contributed by atoms with E-state index in [2.05, 4.69) is 19.8 Å². The van der Waals surface area contributed by atoms with Gasteiger partial charge >= 0.3 is 0 Å². The minimum Gasteiger partial charge on any atom is -0.493 e. The smallest absolute Gasteiger partial charge is 0.277 e. The molecule has 3 aromatic rings. The lowest BCUT2D eigenvalue weighted by atomic mass is 10.1. The van der Waals surface area contributed by atoms with Gasteiger partial charge in [0.15, 0.2) is 5.52 Å². The Bertz CT molecular complexity index is 1470. The fourth-order valence-electron chi connectivity index (χ4n) is 4.48. The number of aryl methyl sites for hydroxylation is 2. The molecule has 36 heavy (non-hydrogen) atoms. The second-order valence-electron chi connectivity index (χ2n) is 9.11. The van der Waals surface area contributed by atoms with Crippen LogP contribution < -0.4 is 15.0 Å². The van der Waals surface area contributed by atoms with Crippen molar-refractivity contribution in [1.82, 2.24) is 29.4 Å². The van der Waals surface area contributed by atoms with E-state index < -0.39 is 16.4 Å². The molecule has 2 N–H and O–H groups in total. The number of sulfonamides is 1. The summed E-state index contributed by atoms with van der Waals surface area (Å²) < 4.78 is 53.3. The Balaban J connectivity index is 1.73. The molecule has 1 aliphatic rings. The molecular weight excluding hydrogens is 480 g/mol. The highest BCUT2D eigenvalue weighted by molar-refractivity contribution is 7.89. The number of benzene rings is 1. The number of likely N-dealkylation sites (tertiary alicyclic amines) is 1. The van der Waals surface area contributed by atoms with E-state index in [1.54, 1.807) is 13.1 Å². The number of aromatic nitrogens is 4. The zero-order valence-corrected chi connectivity index (χ0v) is 22.1. The maximum Gasteiger partial charge on any atom is 0.277 e. The van der Waals surface area contributed by atoms with Crippen LogP contribution in [-0.4, -0.2) is 65.9 Å². The van der Waals surface area contributed by atoms with E-state index in [4.69, 9.17) is 7.48 Å². The van der Waals surface area contributed by atoms with E-state index in [0.29, 0.717) is 47.5 Å². The summed E-state index contributed by atoms with van der Waals surface area (Å²) in [4.78, 5) is 22.3. The number of nitrogens with zero attached hydrogens (tertiary/aromatic N) is 4. The van der Waals surface area contributed by atoms with Gasteiger partial charge in [-0.1, -0.05) is 20.3 Å². The van der Waals surface area contributed by atoms with E-state index in [1.165, 1.54) is 16.8 Å². The molecule has 0 saturated carbocycles. The second-order valence-corrected chi connectivity index (χ2v) is 10.9. The maximum atomic E-state index is 13.3. The predicted molar refractivity (Wildman–Crippen MR) is 140 cm³/mol. The van der Waals surface area contributed by atoms with Crippen molar-refractivity contribution in [1.29, 1.82) is 0 Å². The van der Waals surface area contributed by atoms with Gasteiger partial charge < -0.3 is 14.6 Å². The maximum absolute atomic E-state index is 13.3. The minimum absolute atomic E-state index is 0.0744. The van der Waals surface area contributed by atoms with Crippen molar-refractivity contribution in [2.75, 3.05) is 26.7 Å². The Morgan fingerprint density at radius 3 is 2.78 bits per heavy atom. The first-order chi connectivity index (χ1) is 18.0. The summed E-state index contributed by atoms with van der Waals surface area (Å²) in [5.74, 6) is 0.566. The third kappa shape index (κ3) is 5.47. The van der Waals surface area contributed by atoms with Crippen molar-refractivity contribution < 1.29 is 15.9 Å². The number of hydrogen-bond donors (Lipinski definition) is 2. The highest BCUT2D eigenvalue weighted by Crippen LogP contribution is 2.31. The van der Waals surface area contributed by atoms with Gasteiger partial charge in [-0.25, -0.2) is 18.1 Å². The molecule has 1 fully saturated rings. The Morgan fingerprint density at radius 2 is 2.08 bits per heavy atom. The Morgan fingerprint density at radius 1 is 1.28 bits per heavy atom. The summed E-state index contributed by atoms with van der Waals surface area (Å²) in [6.45, 7) is 4.79. The molecule has 0 amide bonds. The van der Waals surface area contributed by atoms with Crippen LogP contribution in [-0.2, 0) is 23.5 Å². The molecule has 11 heteroatoms. The summed E-state index contributed by atoms with van der Waals surface area (Å²) in [6.07, 6.45) is 2.02. The monoisotopic (exact) mass is 518 g/mol. The average molecular weight is 519 g/mol. The van der Waals surface area contributed by atoms with Gasteiger partial charge in [-0.3, -0.25) is 9.48 Å². The van der Waals surface area contributed by atoms with Gasteiger partial charge in [-0.05, 0) is 63.8 Å². The number of hydrogen-bond acceptors (Lipinski definition) is 7. The van der Waals surface area contributed by atoms with Gasteiger partial charge in [0, 0.05) is 22.4 Å². The number of rotatable bonds is 11. The number of ether oxygens (including phenoxy) is 1. The van der Waals surface area contributed by atoms with Crippen LogP contribution in [0.25, 0.3) is 22.4 Å². The molecule has 10 nitrogen and oxygen atoms in total. The standard InChI is InChI=1S/C25H36N6O4S/c1-5-8-20-22-23(31(4)29-20)25(32)28-24(27-22)19-16-18(10-11-21(19)35-15-6-2)36(33,34)26-13-12-17-9-7-14-30(17)3/h10-11,16-17,26H,5-9,12-15H2,1-4H3,(H,27,28,32)/i12D2. The van der Waals surface area contributed by atoms with Crippen LogP contribution >= 0.6 is 0 Å². The molecular formula is C25H36N6O4S. The number of aromatic amines is 1. The van der Waals surface area contributed by atoms with Crippen LogP contribution in [0.5, 0.6) is 5.75 Å². The topological polar surface area (TPSA) is 122 Å². The largest absolute Gasteiger partial charge is 0.493 e. The van der Waals surface area contributed by atoms with Gasteiger partial charge in [0.25, 0.3) is 5.56 Å². The van der Waals surface area contributed by atoms with Crippen molar-refractivity contribution in [3.63, 3.8) is 0 Å². The molecule has 1 aromatic carbocycles. The van der Waals surface area contributed by atoms with Crippen LogP contribution in [0.4, 0.5) is 0 Å². The molecule has 1 aliphatic heterocycles. The van der Waals surface area contributed by atoms with Crippen LogP contribution in [0, 0.1) is 0 Å². The minimum atomic E-state index is -4.07. The molecule has 1 unspecified atom stereocenters. The van der Waals surface area contributed by atoms with Crippen LogP contribution in [0.3, 0.4) is 0 Å². The summed E-state index contributed by atoms with van der Waals surface area (Å²) >= 11 is 0. The second kappa shape index (κ2) is 11.1. The van der Waals surface area contributed by atoms with E-state index in [-0.39, 0.29) is 28.9 Å². The Hall–Kier alpha value is -2.76. The number of fused-ring (bicyclic) bond motifs is 1. The van der Waals surface area contributed by atoms with Crippen LogP contribution in [0.2, 0.25) is 0 Å². The quantitative estimate of drug-likeness (QED) is 0.400. The summed E-state index contributed by atoms with van der Waals surface area (Å²) in [5.41, 5.74) is 1.44. The molecule has 0 aliphatic carbocycles. The van der Waals surface area contributed by atoms with Crippen molar-refractivity contribution in [2.24, 2.45) is 7.05 Å². The van der Waals surface area contributed by atoms with Gasteiger partial charge in [-0.15, -0.1) is 0 Å². The molecule has 0 spiro atoms. The highest BCUT2D eigenvalue weighted by atomic mass is 32.2. The first-order valence-electron chi connectivity index (χ1n) is 13.4.